The number of para-hydroxylation sites is 2. The van der Waals surface area contributed by atoms with Gasteiger partial charge in [-0.05, 0) is 97.0 Å². The van der Waals surface area contributed by atoms with E-state index in [0.29, 0.717) is 0 Å². The van der Waals surface area contributed by atoms with Crippen molar-refractivity contribution in [1.82, 2.24) is 8.75 Å². The van der Waals surface area contributed by atoms with Crippen molar-refractivity contribution in [3.8, 4) is 20.9 Å². The van der Waals surface area contributed by atoms with Crippen molar-refractivity contribution in [2.75, 3.05) is 4.90 Å². The predicted molar refractivity (Wildman–Crippen MR) is 235 cm³/mol. The van der Waals surface area contributed by atoms with Crippen LogP contribution in [0.25, 0.3) is 44.1 Å². The fourth-order valence-electron chi connectivity index (χ4n) is 7.04. The zero-order chi connectivity index (χ0) is 37.1. The van der Waals surface area contributed by atoms with E-state index >= 15 is 0 Å². The fourth-order valence-corrected chi connectivity index (χ4v) is 9.81. The highest BCUT2D eigenvalue weighted by Crippen LogP contribution is 2.42. The molecule has 7 aromatic rings. The third-order valence-corrected chi connectivity index (χ3v) is 12.8. The van der Waals surface area contributed by atoms with Crippen LogP contribution in [0.3, 0.4) is 0 Å². The van der Waals surface area contributed by atoms with Crippen molar-refractivity contribution in [1.29, 1.82) is 0 Å². The maximum Gasteiger partial charge on any atom is 0.160 e. The number of aromatic nitrogens is 2. The summed E-state index contributed by atoms with van der Waals surface area (Å²) < 4.78 is 9.64. The zero-order valence-corrected chi connectivity index (χ0v) is 33.6. The Labute approximate surface area is 332 Å². The Morgan fingerprint density at radius 3 is 1.57 bits per heavy atom. The first kappa shape index (κ1) is 37.6. The molecule has 0 aliphatic rings. The molecule has 0 radical (unpaired) electrons. The van der Waals surface area contributed by atoms with Gasteiger partial charge in [-0.15, -0.1) is 22.7 Å². The molecule has 3 heterocycles. The molecular formula is C47H47N3OS3. The number of carbonyl (C=O) groups is 1. The van der Waals surface area contributed by atoms with Gasteiger partial charge in [0.05, 0.1) is 16.6 Å². The number of hydrogen-bond acceptors (Lipinski definition) is 7. The molecule has 7 rings (SSSR count). The molecule has 0 N–H and O–H groups in total. The lowest BCUT2D eigenvalue weighted by atomic mass is 10.0. The topological polar surface area (TPSA) is 46.1 Å². The van der Waals surface area contributed by atoms with Crippen molar-refractivity contribution in [3.05, 3.63) is 136 Å². The first-order valence-corrected chi connectivity index (χ1v) is 21.7. The van der Waals surface area contributed by atoms with Crippen LogP contribution in [0.1, 0.15) is 96.5 Å². The number of thiophene rings is 2. The van der Waals surface area contributed by atoms with Gasteiger partial charge in [-0.1, -0.05) is 119 Å². The Kier molecular flexibility index (Phi) is 12.9. The van der Waals surface area contributed by atoms with E-state index in [1.807, 2.05) is 11.3 Å². The lowest BCUT2D eigenvalue weighted by Gasteiger charge is -2.25. The fraction of sp³-hybridized carbons (Fsp3) is 0.255. The van der Waals surface area contributed by atoms with Crippen LogP contribution in [0.5, 0.6) is 0 Å². The average molecular weight is 766 g/mol. The summed E-state index contributed by atoms with van der Waals surface area (Å²) in [6.07, 6.45) is 17.2. The second-order valence-corrected chi connectivity index (χ2v) is 16.5. The van der Waals surface area contributed by atoms with Crippen LogP contribution in [0.2, 0.25) is 0 Å². The van der Waals surface area contributed by atoms with Gasteiger partial charge in [0, 0.05) is 42.8 Å². The number of benzene rings is 4. The first-order chi connectivity index (χ1) is 26.7. The van der Waals surface area contributed by atoms with E-state index < -0.39 is 0 Å². The van der Waals surface area contributed by atoms with Crippen molar-refractivity contribution in [3.63, 3.8) is 0 Å². The molecule has 54 heavy (non-hydrogen) atoms. The number of aryl methyl sites for hydroxylation is 2. The molecule has 274 valence electrons. The Hall–Kier alpha value is -4.69. The molecule has 0 saturated carbocycles. The summed E-state index contributed by atoms with van der Waals surface area (Å²) in [6.45, 7) is 4.49. The van der Waals surface area contributed by atoms with Crippen LogP contribution in [-0.4, -0.2) is 15.0 Å². The molecule has 4 aromatic carbocycles. The summed E-state index contributed by atoms with van der Waals surface area (Å²) in [5.41, 5.74) is 11.1. The van der Waals surface area contributed by atoms with Gasteiger partial charge in [-0.2, -0.15) is 8.75 Å². The van der Waals surface area contributed by atoms with Crippen LogP contribution < -0.4 is 4.90 Å². The van der Waals surface area contributed by atoms with E-state index in [0.717, 1.165) is 85.7 Å². The van der Waals surface area contributed by atoms with Gasteiger partial charge in [0.15, 0.2) is 6.29 Å². The monoisotopic (exact) mass is 765 g/mol. The van der Waals surface area contributed by atoms with Crippen molar-refractivity contribution in [2.45, 2.75) is 78.1 Å². The lowest BCUT2D eigenvalue weighted by Crippen LogP contribution is -2.09. The van der Waals surface area contributed by atoms with E-state index in [1.54, 1.807) is 11.3 Å². The number of hydrogen-bond donors (Lipinski definition) is 0. The number of fused-ring (bicyclic) bond motifs is 1. The highest BCUT2D eigenvalue weighted by Gasteiger charge is 2.19. The minimum atomic E-state index is 0.837. The van der Waals surface area contributed by atoms with E-state index in [1.165, 1.54) is 72.0 Å². The molecule has 0 bridgehead atoms. The Morgan fingerprint density at radius 1 is 0.556 bits per heavy atom. The maximum atomic E-state index is 12.0. The Bertz CT molecular complexity index is 2240. The van der Waals surface area contributed by atoms with Crippen LogP contribution in [0, 0.1) is 0 Å². The van der Waals surface area contributed by atoms with Gasteiger partial charge >= 0.3 is 0 Å². The number of anilines is 3. The van der Waals surface area contributed by atoms with Crippen molar-refractivity contribution >= 4 is 80.9 Å². The average Bonchev–Trinajstić information content (AvgIpc) is 3.98. The van der Waals surface area contributed by atoms with E-state index in [-0.39, 0.29) is 0 Å². The molecule has 0 fully saturated rings. The number of rotatable bonds is 18. The quantitative estimate of drug-likeness (QED) is 0.0645. The van der Waals surface area contributed by atoms with Crippen LogP contribution >= 0.6 is 34.4 Å². The minimum Gasteiger partial charge on any atom is -0.311 e. The SMILES string of the molecule is CCCCCCc1cc(-c2ccc(-c3cc(CCCCCC)c(/C=C/c4ccc(N(c5ccccc5)c5ccccc5)cc4)s3)c3nsnc23)sc1C=O. The molecule has 0 saturated heterocycles. The molecule has 0 atom stereocenters. The van der Waals surface area contributed by atoms with E-state index in [2.05, 4.69) is 140 Å². The lowest BCUT2D eigenvalue weighted by molar-refractivity contribution is 0.112. The number of unbranched alkanes of at least 4 members (excludes halogenated alkanes) is 6. The number of nitrogens with zero attached hydrogens (tertiary/aromatic N) is 3. The van der Waals surface area contributed by atoms with E-state index in [9.17, 15) is 4.79 Å². The zero-order valence-electron chi connectivity index (χ0n) is 31.2. The minimum absolute atomic E-state index is 0.837. The summed E-state index contributed by atoms with van der Waals surface area (Å²) in [7, 11) is 0. The van der Waals surface area contributed by atoms with Crippen molar-refractivity contribution in [2.24, 2.45) is 0 Å². The number of aldehydes is 1. The summed E-state index contributed by atoms with van der Waals surface area (Å²) in [5, 5.41) is 0. The maximum absolute atomic E-state index is 12.0. The second kappa shape index (κ2) is 18.6. The highest BCUT2D eigenvalue weighted by molar-refractivity contribution is 7.17. The molecular weight excluding hydrogens is 719 g/mol. The standard InChI is InChI=1S/C47H47N3OS3/c1-3-5-7-11-17-35-31-43(40-28-29-41(47-46(40)48-54-49-47)44-32-36(45(33-51)53-44)18-12-8-6-4-2)52-42(35)30-25-34-23-26-39(27-24-34)50(37-19-13-9-14-20-37)38-21-15-10-16-22-38/h9-10,13-16,19-33H,3-8,11-12,17-18H2,1-2H3/b30-25+. The van der Waals surface area contributed by atoms with Crippen LogP contribution in [-0.2, 0) is 12.8 Å². The summed E-state index contributed by atoms with van der Waals surface area (Å²) >= 11 is 4.69. The molecule has 0 unspecified atom stereocenters. The van der Waals surface area contributed by atoms with Crippen molar-refractivity contribution < 1.29 is 4.79 Å². The van der Waals surface area contributed by atoms with Gasteiger partial charge in [-0.25, -0.2) is 0 Å². The molecule has 7 heteroatoms. The molecule has 0 amide bonds. The number of carbonyl (C=O) groups excluding carboxylic acids is 1. The van der Waals surface area contributed by atoms with Gasteiger partial charge in [0.25, 0.3) is 0 Å². The first-order valence-electron chi connectivity index (χ1n) is 19.3. The second-order valence-electron chi connectivity index (χ2n) is 13.8. The molecule has 0 aliphatic heterocycles. The molecule has 0 spiro atoms. The Morgan fingerprint density at radius 2 is 1.06 bits per heavy atom. The van der Waals surface area contributed by atoms with Gasteiger partial charge < -0.3 is 4.90 Å². The van der Waals surface area contributed by atoms with Gasteiger partial charge in [-0.3, -0.25) is 4.79 Å². The third kappa shape index (κ3) is 8.81. The summed E-state index contributed by atoms with van der Waals surface area (Å²) in [4.78, 5) is 18.8. The summed E-state index contributed by atoms with van der Waals surface area (Å²) in [5.74, 6) is 0. The smallest absolute Gasteiger partial charge is 0.160 e. The van der Waals surface area contributed by atoms with Gasteiger partial charge in [0.2, 0.25) is 0 Å². The molecule has 0 aliphatic carbocycles. The van der Waals surface area contributed by atoms with Gasteiger partial charge in [0.1, 0.15) is 11.0 Å². The molecule has 4 nitrogen and oxygen atoms in total. The van der Waals surface area contributed by atoms with Crippen LogP contribution in [0.4, 0.5) is 17.1 Å². The van der Waals surface area contributed by atoms with Crippen LogP contribution in [0.15, 0.2) is 109 Å². The Balaban J connectivity index is 1.17. The molecule has 3 aromatic heterocycles. The predicted octanol–water partition coefficient (Wildman–Crippen LogP) is 14.8. The summed E-state index contributed by atoms with van der Waals surface area (Å²) in [6, 6.07) is 38.9. The third-order valence-electron chi connectivity index (χ3n) is 9.94. The largest absolute Gasteiger partial charge is 0.311 e. The highest BCUT2D eigenvalue weighted by atomic mass is 32.1. The normalized spacial score (nSPS) is 11.5. The van der Waals surface area contributed by atoms with E-state index in [4.69, 9.17) is 8.75 Å².